The normalized spacial score (nSPS) is 26.5. The number of ketones is 1. The number of hydrogen-bond donors (Lipinski definition) is 2. The van der Waals surface area contributed by atoms with E-state index in [-0.39, 0.29) is 24.6 Å². The van der Waals surface area contributed by atoms with Crippen LogP contribution in [0.4, 0.5) is 0 Å². The molecule has 2 rings (SSSR count). The fraction of sp³-hybridized carbons (Fsp3) is 0.588. The lowest BCUT2D eigenvalue weighted by Gasteiger charge is -2.33. The van der Waals surface area contributed by atoms with Gasteiger partial charge in [0.25, 0.3) is 0 Å². The molecule has 1 saturated heterocycles. The van der Waals surface area contributed by atoms with Crippen LogP contribution in [-0.4, -0.2) is 55.4 Å². The number of carbonyl (C=O) groups excluding carboxylic acids is 1. The van der Waals surface area contributed by atoms with E-state index in [1.165, 1.54) is 11.8 Å². The minimum atomic E-state index is -0.514. The quantitative estimate of drug-likeness (QED) is 0.743. The van der Waals surface area contributed by atoms with Crippen LogP contribution < -0.4 is 9.64 Å². The van der Waals surface area contributed by atoms with E-state index in [0.717, 1.165) is 13.1 Å². The highest BCUT2D eigenvalue weighted by molar-refractivity contribution is 5.94. The first kappa shape index (κ1) is 16.9. The lowest BCUT2D eigenvalue weighted by Crippen LogP contribution is -3.16. The van der Waals surface area contributed by atoms with Crippen molar-refractivity contribution in [2.75, 3.05) is 26.2 Å². The largest absolute Gasteiger partial charge is 0.491 e. The van der Waals surface area contributed by atoms with Gasteiger partial charge in [0, 0.05) is 5.56 Å². The fourth-order valence-electron chi connectivity index (χ4n) is 2.93. The highest BCUT2D eigenvalue weighted by Gasteiger charge is 2.27. The van der Waals surface area contributed by atoms with Crippen LogP contribution in [-0.2, 0) is 4.74 Å². The Morgan fingerprint density at radius 1 is 1.32 bits per heavy atom. The Kier molecular flexibility index (Phi) is 5.94. The number of nitrogens with one attached hydrogen (secondary N) is 1. The summed E-state index contributed by atoms with van der Waals surface area (Å²) in [5.41, 5.74) is 0.661. The summed E-state index contributed by atoms with van der Waals surface area (Å²) in [6.45, 7) is 8.40. The number of ether oxygens (including phenoxy) is 2. The Morgan fingerprint density at radius 3 is 2.45 bits per heavy atom. The molecule has 1 aromatic rings. The summed E-state index contributed by atoms with van der Waals surface area (Å²) < 4.78 is 11.3. The molecule has 0 radical (unpaired) electrons. The van der Waals surface area contributed by atoms with Crippen LogP contribution in [0, 0.1) is 0 Å². The van der Waals surface area contributed by atoms with Gasteiger partial charge in [-0.25, -0.2) is 0 Å². The summed E-state index contributed by atoms with van der Waals surface area (Å²) in [5, 5.41) is 10.1. The molecule has 0 aliphatic carbocycles. The van der Waals surface area contributed by atoms with Gasteiger partial charge in [-0.05, 0) is 45.0 Å². The Bertz CT molecular complexity index is 478. The molecule has 1 aromatic carbocycles. The van der Waals surface area contributed by atoms with Crippen molar-refractivity contribution in [3.8, 4) is 5.75 Å². The summed E-state index contributed by atoms with van der Waals surface area (Å²) in [7, 11) is 0. The molecule has 0 aromatic heterocycles. The monoisotopic (exact) mass is 308 g/mol. The van der Waals surface area contributed by atoms with Crippen molar-refractivity contribution < 1.29 is 24.3 Å². The molecule has 122 valence electrons. The minimum Gasteiger partial charge on any atom is -0.491 e. The average Bonchev–Trinajstić information content (AvgIpc) is 2.44. The molecular weight excluding hydrogens is 282 g/mol. The van der Waals surface area contributed by atoms with Crippen LogP contribution in [0.25, 0.3) is 0 Å². The third-order valence-corrected chi connectivity index (χ3v) is 3.84. The molecule has 0 saturated carbocycles. The number of Topliss-reactive ketones (excluding diaryl/α,β-unsaturated/α-hetero) is 1. The van der Waals surface area contributed by atoms with Crippen LogP contribution in [0.1, 0.15) is 31.1 Å². The molecule has 5 nitrogen and oxygen atoms in total. The Morgan fingerprint density at radius 2 is 1.91 bits per heavy atom. The van der Waals surface area contributed by atoms with Gasteiger partial charge < -0.3 is 19.5 Å². The van der Waals surface area contributed by atoms with Crippen molar-refractivity contribution in [1.29, 1.82) is 0 Å². The van der Waals surface area contributed by atoms with E-state index in [0.29, 0.717) is 17.9 Å². The number of quaternary nitrogens is 1. The van der Waals surface area contributed by atoms with E-state index in [2.05, 4.69) is 13.8 Å². The maximum absolute atomic E-state index is 11.2. The molecule has 5 heteroatoms. The lowest BCUT2D eigenvalue weighted by atomic mass is 10.1. The van der Waals surface area contributed by atoms with Crippen molar-refractivity contribution in [3.05, 3.63) is 29.8 Å². The molecule has 1 heterocycles. The zero-order chi connectivity index (χ0) is 16.1. The molecule has 0 bridgehead atoms. The summed E-state index contributed by atoms with van der Waals surface area (Å²) in [6, 6.07) is 6.99. The molecule has 3 atom stereocenters. The fourth-order valence-corrected chi connectivity index (χ4v) is 2.93. The smallest absolute Gasteiger partial charge is 0.159 e. The molecule has 0 amide bonds. The average molecular weight is 308 g/mol. The second-order valence-electron chi connectivity index (χ2n) is 6.17. The SMILES string of the molecule is CC(=O)c1ccc(OCC(O)C[NH+]2CC(C)OC(C)C2)cc1. The molecule has 0 spiro atoms. The summed E-state index contributed by atoms with van der Waals surface area (Å²) in [5.74, 6) is 0.702. The molecule has 1 aliphatic rings. The van der Waals surface area contributed by atoms with E-state index in [4.69, 9.17) is 9.47 Å². The van der Waals surface area contributed by atoms with Crippen LogP contribution in [0.2, 0.25) is 0 Å². The summed E-state index contributed by atoms with van der Waals surface area (Å²) in [4.78, 5) is 12.5. The molecule has 1 fully saturated rings. The van der Waals surface area contributed by atoms with Gasteiger partial charge in [-0.2, -0.15) is 0 Å². The zero-order valence-corrected chi connectivity index (χ0v) is 13.5. The van der Waals surface area contributed by atoms with E-state index >= 15 is 0 Å². The van der Waals surface area contributed by atoms with Gasteiger partial charge in [0.1, 0.15) is 50.3 Å². The number of carbonyl (C=O) groups is 1. The van der Waals surface area contributed by atoms with Crippen LogP contribution in [0.3, 0.4) is 0 Å². The number of aliphatic hydroxyl groups is 1. The van der Waals surface area contributed by atoms with E-state index < -0.39 is 6.10 Å². The first-order valence-corrected chi connectivity index (χ1v) is 7.85. The van der Waals surface area contributed by atoms with Gasteiger partial charge >= 0.3 is 0 Å². The van der Waals surface area contributed by atoms with E-state index in [1.807, 2.05) is 0 Å². The van der Waals surface area contributed by atoms with Crippen molar-refractivity contribution >= 4 is 5.78 Å². The predicted octanol–water partition coefficient (Wildman–Crippen LogP) is 0.321. The number of aliphatic hydroxyl groups excluding tert-OH is 1. The first-order chi connectivity index (χ1) is 10.4. The maximum Gasteiger partial charge on any atom is 0.159 e. The van der Waals surface area contributed by atoms with Crippen molar-refractivity contribution in [2.45, 2.75) is 39.1 Å². The van der Waals surface area contributed by atoms with Gasteiger partial charge in [0.15, 0.2) is 5.78 Å². The number of morpholine rings is 1. The summed E-state index contributed by atoms with van der Waals surface area (Å²) in [6.07, 6.45) is -0.0584. The van der Waals surface area contributed by atoms with Gasteiger partial charge in [0.2, 0.25) is 0 Å². The van der Waals surface area contributed by atoms with Gasteiger partial charge in [-0.3, -0.25) is 4.79 Å². The predicted molar refractivity (Wildman–Crippen MR) is 83.5 cm³/mol. The first-order valence-electron chi connectivity index (χ1n) is 7.85. The zero-order valence-electron chi connectivity index (χ0n) is 13.5. The highest BCUT2D eigenvalue weighted by atomic mass is 16.5. The Balaban J connectivity index is 1.77. The van der Waals surface area contributed by atoms with Crippen molar-refractivity contribution in [2.24, 2.45) is 0 Å². The second-order valence-corrected chi connectivity index (χ2v) is 6.17. The highest BCUT2D eigenvalue weighted by Crippen LogP contribution is 2.12. The molecular formula is C17H26NO4+. The minimum absolute atomic E-state index is 0.0331. The second kappa shape index (κ2) is 7.72. The summed E-state index contributed by atoms with van der Waals surface area (Å²) >= 11 is 0. The third-order valence-electron chi connectivity index (χ3n) is 3.84. The van der Waals surface area contributed by atoms with Gasteiger partial charge in [-0.15, -0.1) is 0 Å². The number of hydrogen-bond acceptors (Lipinski definition) is 4. The van der Waals surface area contributed by atoms with Crippen molar-refractivity contribution in [1.82, 2.24) is 0 Å². The lowest BCUT2D eigenvalue weighted by molar-refractivity contribution is -0.918. The third kappa shape index (κ3) is 5.09. The van der Waals surface area contributed by atoms with E-state index in [9.17, 15) is 9.90 Å². The standard InChI is InChI=1S/C17H25NO4/c1-12-8-18(9-13(2)22-12)10-16(20)11-21-17-6-4-15(5-7-17)14(3)19/h4-7,12-13,16,20H,8-11H2,1-3H3/p+1. The molecule has 22 heavy (non-hydrogen) atoms. The van der Waals surface area contributed by atoms with Gasteiger partial charge in [-0.1, -0.05) is 0 Å². The van der Waals surface area contributed by atoms with Crippen molar-refractivity contribution in [3.63, 3.8) is 0 Å². The number of benzene rings is 1. The van der Waals surface area contributed by atoms with Gasteiger partial charge in [0.05, 0.1) is 0 Å². The topological polar surface area (TPSA) is 60.2 Å². The number of rotatable bonds is 6. The molecule has 3 unspecified atom stereocenters. The Hall–Kier alpha value is -1.43. The van der Waals surface area contributed by atoms with Crippen LogP contribution >= 0.6 is 0 Å². The van der Waals surface area contributed by atoms with Crippen LogP contribution in [0.15, 0.2) is 24.3 Å². The van der Waals surface area contributed by atoms with Crippen LogP contribution in [0.5, 0.6) is 5.75 Å². The molecule has 1 aliphatic heterocycles. The van der Waals surface area contributed by atoms with E-state index in [1.54, 1.807) is 24.3 Å². The maximum atomic E-state index is 11.2. The Labute approximate surface area is 131 Å². The molecule has 2 N–H and O–H groups in total.